The summed E-state index contributed by atoms with van der Waals surface area (Å²) in [6.07, 6.45) is 1.88. The molecule has 0 atom stereocenters. The van der Waals surface area contributed by atoms with Gasteiger partial charge < -0.3 is 9.13 Å². The minimum Gasteiger partial charge on any atom is -0.332 e. The lowest BCUT2D eigenvalue weighted by Gasteiger charge is -2.09. The van der Waals surface area contributed by atoms with E-state index >= 15 is 0 Å². The molecule has 0 unspecified atom stereocenters. The van der Waals surface area contributed by atoms with Crippen molar-refractivity contribution in [2.24, 2.45) is 13.0 Å². The highest BCUT2D eigenvalue weighted by Crippen LogP contribution is 2.30. The molecule has 0 saturated carbocycles. The average Bonchev–Trinajstić information content (AvgIpc) is 2.87. The second-order valence-corrected chi connectivity index (χ2v) is 6.24. The van der Waals surface area contributed by atoms with Crippen LogP contribution in [0.2, 0.25) is 0 Å². The Hall–Kier alpha value is -1.77. The van der Waals surface area contributed by atoms with Crippen molar-refractivity contribution in [1.82, 2.24) is 14.1 Å². The molecule has 3 aromatic rings. The molecule has 0 aliphatic rings. The van der Waals surface area contributed by atoms with Gasteiger partial charge in [0.15, 0.2) is 5.65 Å². The molecule has 3 rings (SSSR count). The SMILES string of the molecule is CC(C)C.CC(C)n1c2ccccc2c2c1ncn2C. The summed E-state index contributed by atoms with van der Waals surface area (Å²) < 4.78 is 4.39. The molecule has 0 aliphatic carbocycles. The molecule has 20 heavy (non-hydrogen) atoms. The van der Waals surface area contributed by atoms with E-state index in [1.54, 1.807) is 0 Å². The summed E-state index contributed by atoms with van der Waals surface area (Å²) in [6, 6.07) is 8.92. The van der Waals surface area contributed by atoms with Crippen LogP contribution in [0, 0.1) is 5.92 Å². The molecule has 0 saturated heterocycles. The number of aryl methyl sites for hydroxylation is 1. The van der Waals surface area contributed by atoms with Gasteiger partial charge in [-0.15, -0.1) is 0 Å². The minimum absolute atomic E-state index is 0.428. The van der Waals surface area contributed by atoms with Crippen LogP contribution in [0.4, 0.5) is 0 Å². The maximum absolute atomic E-state index is 4.50. The minimum atomic E-state index is 0.428. The molecule has 2 heterocycles. The Morgan fingerprint density at radius 3 is 2.20 bits per heavy atom. The Kier molecular flexibility index (Phi) is 4.17. The molecule has 0 N–H and O–H groups in total. The molecule has 2 aromatic heterocycles. The smallest absolute Gasteiger partial charge is 0.159 e. The van der Waals surface area contributed by atoms with Gasteiger partial charge in [0.1, 0.15) is 0 Å². The van der Waals surface area contributed by atoms with Crippen LogP contribution in [0.1, 0.15) is 40.7 Å². The number of hydrogen-bond donors (Lipinski definition) is 0. The third-order valence-electron chi connectivity index (χ3n) is 3.08. The second kappa shape index (κ2) is 5.70. The number of benzene rings is 1. The Balaban J connectivity index is 0.000000328. The second-order valence-electron chi connectivity index (χ2n) is 6.24. The van der Waals surface area contributed by atoms with E-state index in [0.717, 1.165) is 11.6 Å². The summed E-state index contributed by atoms with van der Waals surface area (Å²) in [5, 5.41) is 1.28. The summed E-state index contributed by atoms with van der Waals surface area (Å²) in [5.41, 5.74) is 3.58. The van der Waals surface area contributed by atoms with Gasteiger partial charge in [0.05, 0.1) is 17.4 Å². The van der Waals surface area contributed by atoms with E-state index in [4.69, 9.17) is 0 Å². The molecule has 108 valence electrons. The van der Waals surface area contributed by atoms with Crippen molar-refractivity contribution < 1.29 is 0 Å². The summed E-state index contributed by atoms with van der Waals surface area (Å²) >= 11 is 0. The van der Waals surface area contributed by atoms with Gasteiger partial charge in [-0.05, 0) is 25.8 Å². The van der Waals surface area contributed by atoms with Crippen LogP contribution in [-0.4, -0.2) is 14.1 Å². The van der Waals surface area contributed by atoms with Crippen LogP contribution >= 0.6 is 0 Å². The Bertz CT molecular complexity index is 699. The van der Waals surface area contributed by atoms with Gasteiger partial charge in [0.2, 0.25) is 0 Å². The van der Waals surface area contributed by atoms with Crippen molar-refractivity contribution >= 4 is 22.1 Å². The van der Waals surface area contributed by atoms with Crippen molar-refractivity contribution in [3.63, 3.8) is 0 Å². The Labute approximate surface area is 121 Å². The van der Waals surface area contributed by atoms with E-state index in [9.17, 15) is 0 Å². The van der Waals surface area contributed by atoms with Crippen LogP contribution in [0.25, 0.3) is 22.1 Å². The van der Waals surface area contributed by atoms with Crippen LogP contribution in [0.15, 0.2) is 30.6 Å². The van der Waals surface area contributed by atoms with E-state index in [2.05, 4.69) is 73.0 Å². The fraction of sp³-hybridized carbons (Fsp3) is 0.471. The highest BCUT2D eigenvalue weighted by Gasteiger charge is 2.15. The Morgan fingerprint density at radius 2 is 1.60 bits per heavy atom. The zero-order valence-electron chi connectivity index (χ0n) is 13.4. The van der Waals surface area contributed by atoms with Crippen LogP contribution < -0.4 is 0 Å². The van der Waals surface area contributed by atoms with Crippen molar-refractivity contribution in [1.29, 1.82) is 0 Å². The molecule has 3 nitrogen and oxygen atoms in total. The van der Waals surface area contributed by atoms with Gasteiger partial charge in [0.25, 0.3) is 0 Å². The monoisotopic (exact) mass is 271 g/mol. The van der Waals surface area contributed by atoms with E-state index in [-0.39, 0.29) is 0 Å². The maximum Gasteiger partial charge on any atom is 0.159 e. The highest BCUT2D eigenvalue weighted by atomic mass is 15.1. The quantitative estimate of drug-likeness (QED) is 0.625. The first-order valence-electron chi connectivity index (χ1n) is 7.33. The van der Waals surface area contributed by atoms with E-state index in [1.165, 1.54) is 16.4 Å². The third kappa shape index (κ3) is 2.58. The molecule has 0 fully saturated rings. The third-order valence-corrected chi connectivity index (χ3v) is 3.08. The lowest BCUT2D eigenvalue weighted by Crippen LogP contribution is -1.99. The molecular formula is C17H25N3. The number of rotatable bonds is 1. The van der Waals surface area contributed by atoms with Crippen molar-refractivity contribution in [2.45, 2.75) is 40.7 Å². The van der Waals surface area contributed by atoms with Gasteiger partial charge >= 0.3 is 0 Å². The number of imidazole rings is 1. The molecule has 0 amide bonds. The van der Waals surface area contributed by atoms with Gasteiger partial charge in [-0.1, -0.05) is 39.0 Å². The summed E-state index contributed by atoms with van der Waals surface area (Å²) in [5.74, 6) is 0.833. The van der Waals surface area contributed by atoms with Gasteiger partial charge in [-0.25, -0.2) is 4.98 Å². The molecule has 0 bridgehead atoms. The molecule has 3 heteroatoms. The lowest BCUT2D eigenvalue weighted by atomic mass is 10.2. The van der Waals surface area contributed by atoms with Gasteiger partial charge in [-0.3, -0.25) is 0 Å². The standard InChI is InChI=1S/C13H15N3.C4H10/c1-9(2)16-11-7-5-4-6-10(11)12-13(16)14-8-15(12)3;1-4(2)3/h4-9H,1-3H3;4H,1-3H3. The number of fused-ring (bicyclic) bond motifs is 3. The number of para-hydroxylation sites is 1. The Morgan fingerprint density at radius 1 is 1.00 bits per heavy atom. The van der Waals surface area contributed by atoms with Crippen molar-refractivity contribution in [3.8, 4) is 0 Å². The zero-order valence-corrected chi connectivity index (χ0v) is 13.4. The first-order chi connectivity index (χ1) is 9.43. The van der Waals surface area contributed by atoms with Gasteiger partial charge in [0, 0.05) is 18.5 Å². The predicted octanol–water partition coefficient (Wildman–Crippen LogP) is 4.77. The van der Waals surface area contributed by atoms with E-state index in [0.29, 0.717) is 6.04 Å². The fourth-order valence-corrected chi connectivity index (χ4v) is 2.43. The highest BCUT2D eigenvalue weighted by molar-refractivity contribution is 6.04. The number of hydrogen-bond acceptors (Lipinski definition) is 1. The zero-order chi connectivity index (χ0) is 14.9. The van der Waals surface area contributed by atoms with Crippen molar-refractivity contribution in [3.05, 3.63) is 30.6 Å². The fourth-order valence-electron chi connectivity index (χ4n) is 2.43. The largest absolute Gasteiger partial charge is 0.332 e. The maximum atomic E-state index is 4.50. The average molecular weight is 271 g/mol. The first kappa shape index (κ1) is 14.6. The molecule has 0 radical (unpaired) electrons. The van der Waals surface area contributed by atoms with Crippen molar-refractivity contribution in [2.75, 3.05) is 0 Å². The first-order valence-corrected chi connectivity index (χ1v) is 7.33. The summed E-state index contributed by atoms with van der Waals surface area (Å²) in [6.45, 7) is 10.9. The topological polar surface area (TPSA) is 22.8 Å². The predicted molar refractivity (Wildman–Crippen MR) is 87.1 cm³/mol. The normalized spacial score (nSPS) is 11.4. The summed E-state index contributed by atoms with van der Waals surface area (Å²) in [4.78, 5) is 4.50. The number of aromatic nitrogens is 3. The molecule has 1 aromatic carbocycles. The number of nitrogens with zero attached hydrogens (tertiary/aromatic N) is 3. The molecule has 0 aliphatic heterocycles. The molecular weight excluding hydrogens is 246 g/mol. The van der Waals surface area contributed by atoms with E-state index < -0.39 is 0 Å². The summed E-state index contributed by atoms with van der Waals surface area (Å²) in [7, 11) is 2.05. The van der Waals surface area contributed by atoms with Crippen LogP contribution in [0.5, 0.6) is 0 Å². The molecule has 0 spiro atoms. The lowest BCUT2D eigenvalue weighted by molar-refractivity contribution is 0.638. The van der Waals surface area contributed by atoms with Gasteiger partial charge in [-0.2, -0.15) is 0 Å². The van der Waals surface area contributed by atoms with Crippen LogP contribution in [-0.2, 0) is 7.05 Å². The van der Waals surface area contributed by atoms with Crippen LogP contribution in [0.3, 0.4) is 0 Å². The van der Waals surface area contributed by atoms with E-state index in [1.807, 2.05) is 13.4 Å².